The Morgan fingerprint density at radius 2 is 1.64 bits per heavy atom. The highest BCUT2D eigenvalue weighted by Crippen LogP contribution is 2.42. The van der Waals surface area contributed by atoms with Crippen molar-refractivity contribution in [3.8, 4) is 0 Å². The van der Waals surface area contributed by atoms with E-state index in [-0.39, 0.29) is 0 Å². The number of allylic oxidation sites excluding steroid dienone is 10. The molecule has 3 aliphatic rings. The molecule has 0 bridgehead atoms. The van der Waals surface area contributed by atoms with Crippen molar-refractivity contribution in [1.82, 2.24) is 0 Å². The summed E-state index contributed by atoms with van der Waals surface area (Å²) in [5.74, 6) is 0. The lowest BCUT2D eigenvalue weighted by molar-refractivity contribution is 1.02. The van der Waals surface area contributed by atoms with Gasteiger partial charge in [-0.2, -0.15) is 0 Å². The van der Waals surface area contributed by atoms with Crippen molar-refractivity contribution in [3.63, 3.8) is 0 Å². The second kappa shape index (κ2) is 9.02. The van der Waals surface area contributed by atoms with Crippen molar-refractivity contribution in [2.45, 2.75) is 59.3 Å². The van der Waals surface area contributed by atoms with Gasteiger partial charge in [0.05, 0.1) is 0 Å². The van der Waals surface area contributed by atoms with Gasteiger partial charge < -0.3 is 0 Å². The van der Waals surface area contributed by atoms with Crippen molar-refractivity contribution in [3.05, 3.63) is 129 Å². The van der Waals surface area contributed by atoms with Crippen molar-refractivity contribution in [1.29, 1.82) is 0 Å². The molecule has 0 nitrogen and oxygen atoms in total. The summed E-state index contributed by atoms with van der Waals surface area (Å²) < 4.78 is 0. The summed E-state index contributed by atoms with van der Waals surface area (Å²) in [5.41, 5.74) is 17.1. The minimum Gasteiger partial charge on any atom is -0.0952 e. The molecule has 0 N–H and O–H groups in total. The Morgan fingerprint density at radius 1 is 0.879 bits per heavy atom. The maximum Gasteiger partial charge on any atom is -0.00136 e. The first-order valence-corrected chi connectivity index (χ1v) is 12.5. The van der Waals surface area contributed by atoms with Crippen molar-refractivity contribution in [2.75, 3.05) is 0 Å². The molecule has 0 saturated heterocycles. The minimum atomic E-state index is 0.947. The molecule has 0 aliphatic heterocycles. The molecule has 0 aromatic heterocycles. The van der Waals surface area contributed by atoms with Crippen LogP contribution in [0.15, 0.2) is 101 Å². The molecule has 0 spiro atoms. The van der Waals surface area contributed by atoms with Gasteiger partial charge in [-0.1, -0.05) is 87.2 Å². The highest BCUT2D eigenvalue weighted by atomic mass is 14.3. The van der Waals surface area contributed by atoms with Gasteiger partial charge in [-0.25, -0.2) is 0 Å². The zero-order valence-electron chi connectivity index (χ0n) is 20.3. The third kappa shape index (κ3) is 4.15. The van der Waals surface area contributed by atoms with E-state index >= 15 is 0 Å². The third-order valence-electron chi connectivity index (χ3n) is 7.52. The largest absolute Gasteiger partial charge is 0.0952 e. The highest BCUT2D eigenvalue weighted by Gasteiger charge is 2.23. The second-order valence-corrected chi connectivity index (χ2v) is 9.61. The van der Waals surface area contributed by atoms with E-state index in [0.29, 0.717) is 0 Å². The number of hydrogen-bond acceptors (Lipinski definition) is 0. The van der Waals surface area contributed by atoms with Crippen LogP contribution in [-0.2, 0) is 19.3 Å². The summed E-state index contributed by atoms with van der Waals surface area (Å²) >= 11 is 0. The fourth-order valence-electron chi connectivity index (χ4n) is 5.69. The van der Waals surface area contributed by atoms with Crippen LogP contribution in [0.5, 0.6) is 0 Å². The van der Waals surface area contributed by atoms with Gasteiger partial charge in [-0.3, -0.25) is 0 Å². The Kier molecular flexibility index (Phi) is 5.94. The van der Waals surface area contributed by atoms with Crippen LogP contribution >= 0.6 is 0 Å². The van der Waals surface area contributed by atoms with Crippen LogP contribution in [0, 0.1) is 0 Å². The lowest BCUT2D eigenvalue weighted by Gasteiger charge is -2.15. The van der Waals surface area contributed by atoms with E-state index in [2.05, 4.69) is 94.1 Å². The number of benzene rings is 2. The Hall–Kier alpha value is -3.12. The van der Waals surface area contributed by atoms with Gasteiger partial charge in [0.2, 0.25) is 0 Å². The normalized spacial score (nSPS) is 17.1. The van der Waals surface area contributed by atoms with Crippen molar-refractivity contribution >= 4 is 11.6 Å². The molecule has 0 fully saturated rings. The summed E-state index contributed by atoms with van der Waals surface area (Å²) in [6.45, 7) is 11.3. The van der Waals surface area contributed by atoms with E-state index in [4.69, 9.17) is 0 Å². The highest BCUT2D eigenvalue weighted by molar-refractivity contribution is 5.77. The standard InChI is InChI=1S/C33H34/c1-5-24-17-29-19-31(20-30(29)18-25(24)6-2)32-14-10-13-27(32)15-22(3)33-21-28(16-23(33)4)26-11-8-7-9-12-26/h7-9,11-14,16-19H,3,5-6,10,15,20-21H2,1-2,4H3. The lowest BCUT2D eigenvalue weighted by Crippen LogP contribution is -1.98. The SMILES string of the molecule is C=C(CC1=CCC=C1C1=Cc2cc(CC)c(CC)cc2C1)C1=C(C)C=C(c2ccccc2)C1. The lowest BCUT2D eigenvalue weighted by atomic mass is 9.90. The van der Waals surface area contributed by atoms with E-state index in [9.17, 15) is 0 Å². The molecule has 5 rings (SSSR count). The Morgan fingerprint density at radius 3 is 2.39 bits per heavy atom. The monoisotopic (exact) mass is 430 g/mol. The predicted octanol–water partition coefficient (Wildman–Crippen LogP) is 8.76. The van der Waals surface area contributed by atoms with E-state index < -0.39 is 0 Å². The Balaban J connectivity index is 1.30. The van der Waals surface area contributed by atoms with Crippen molar-refractivity contribution < 1.29 is 0 Å². The van der Waals surface area contributed by atoms with Crippen LogP contribution in [-0.4, -0.2) is 0 Å². The molecule has 0 unspecified atom stereocenters. The predicted molar refractivity (Wildman–Crippen MR) is 143 cm³/mol. The number of fused-ring (bicyclic) bond motifs is 1. The van der Waals surface area contributed by atoms with Gasteiger partial charge in [0.15, 0.2) is 0 Å². The van der Waals surface area contributed by atoms with Gasteiger partial charge in [0.1, 0.15) is 0 Å². The van der Waals surface area contributed by atoms with Crippen LogP contribution < -0.4 is 0 Å². The average molecular weight is 431 g/mol. The average Bonchev–Trinajstić information content (AvgIpc) is 3.56. The third-order valence-corrected chi connectivity index (χ3v) is 7.52. The molecule has 0 heteroatoms. The van der Waals surface area contributed by atoms with E-state index in [1.807, 2.05) is 0 Å². The molecular weight excluding hydrogens is 396 g/mol. The number of aryl methyl sites for hydroxylation is 2. The van der Waals surface area contributed by atoms with Crippen LogP contribution in [0.25, 0.3) is 11.6 Å². The topological polar surface area (TPSA) is 0 Å². The first-order chi connectivity index (χ1) is 16.1. The maximum absolute atomic E-state index is 4.55. The molecule has 0 saturated carbocycles. The van der Waals surface area contributed by atoms with Gasteiger partial charge in [0, 0.05) is 0 Å². The summed E-state index contributed by atoms with van der Waals surface area (Å²) in [7, 11) is 0. The van der Waals surface area contributed by atoms with Gasteiger partial charge in [-0.15, -0.1) is 0 Å². The number of hydrogen-bond donors (Lipinski definition) is 0. The summed E-state index contributed by atoms with van der Waals surface area (Å²) in [6.07, 6.45) is 15.9. The fourth-order valence-corrected chi connectivity index (χ4v) is 5.69. The summed E-state index contributed by atoms with van der Waals surface area (Å²) in [4.78, 5) is 0. The first-order valence-electron chi connectivity index (χ1n) is 12.5. The molecular formula is C33H34. The Bertz CT molecular complexity index is 1270. The quantitative estimate of drug-likeness (QED) is 0.412. The summed E-state index contributed by atoms with van der Waals surface area (Å²) in [6, 6.07) is 15.6. The van der Waals surface area contributed by atoms with Gasteiger partial charge in [0.25, 0.3) is 0 Å². The maximum atomic E-state index is 4.55. The minimum absolute atomic E-state index is 0.947. The van der Waals surface area contributed by atoms with Crippen LogP contribution in [0.2, 0.25) is 0 Å². The van der Waals surface area contributed by atoms with E-state index in [1.165, 1.54) is 66.8 Å². The summed E-state index contributed by atoms with van der Waals surface area (Å²) in [5, 5.41) is 0. The first kappa shape index (κ1) is 21.7. The van der Waals surface area contributed by atoms with E-state index in [1.54, 1.807) is 0 Å². The van der Waals surface area contributed by atoms with Gasteiger partial charge >= 0.3 is 0 Å². The number of rotatable bonds is 7. The molecule has 2 aromatic carbocycles. The molecule has 2 aromatic rings. The fraction of sp³-hybridized carbons (Fsp3) is 0.273. The molecule has 0 heterocycles. The zero-order valence-corrected chi connectivity index (χ0v) is 20.3. The molecule has 33 heavy (non-hydrogen) atoms. The molecule has 3 aliphatic carbocycles. The van der Waals surface area contributed by atoms with Crippen molar-refractivity contribution in [2.24, 2.45) is 0 Å². The second-order valence-electron chi connectivity index (χ2n) is 9.61. The Labute approximate surface area is 199 Å². The molecule has 0 radical (unpaired) electrons. The van der Waals surface area contributed by atoms with Crippen LogP contribution in [0.4, 0.5) is 0 Å². The van der Waals surface area contributed by atoms with E-state index in [0.717, 1.165) is 38.5 Å². The smallest absolute Gasteiger partial charge is 0.00136 e. The zero-order chi connectivity index (χ0) is 22.9. The molecule has 166 valence electrons. The van der Waals surface area contributed by atoms with Crippen LogP contribution in [0.1, 0.15) is 67.9 Å². The molecule has 0 atom stereocenters. The van der Waals surface area contributed by atoms with Crippen LogP contribution in [0.3, 0.4) is 0 Å². The molecule has 0 amide bonds. The van der Waals surface area contributed by atoms with Gasteiger partial charge in [-0.05, 0) is 112 Å².